The third-order valence-corrected chi connectivity index (χ3v) is 6.05. The van der Waals surface area contributed by atoms with E-state index >= 15 is 0 Å². The van der Waals surface area contributed by atoms with Crippen molar-refractivity contribution in [2.24, 2.45) is 27.9 Å². The minimum atomic E-state index is -0.645. The van der Waals surface area contributed by atoms with Crippen LogP contribution in [-0.4, -0.2) is 35.3 Å². The number of nitrogens with two attached hydrogens (primary N) is 1. The minimum absolute atomic E-state index is 0.0490. The molecule has 0 saturated carbocycles. The van der Waals surface area contributed by atoms with Crippen molar-refractivity contribution in [2.45, 2.75) is 73.8 Å². The number of nitrogens with one attached hydrogen (secondary N) is 1. The number of carbonyl (C=O) groups is 2. The van der Waals surface area contributed by atoms with Crippen LogP contribution >= 0.6 is 12.6 Å². The molecule has 0 heterocycles. The van der Waals surface area contributed by atoms with E-state index in [1.54, 1.807) is 0 Å². The van der Waals surface area contributed by atoms with Crippen molar-refractivity contribution >= 4 is 24.4 Å². The van der Waals surface area contributed by atoms with Gasteiger partial charge in [0, 0.05) is 24.6 Å². The first-order chi connectivity index (χ1) is 11.1. The summed E-state index contributed by atoms with van der Waals surface area (Å²) in [5.74, 6) is -0.240. The van der Waals surface area contributed by atoms with Crippen LogP contribution in [-0.2, 0) is 9.59 Å². The standard InChI is InChI=1S/C19H38N2O3S/c1-17(2,3)14(16(24)21-11-13(22)12-25)10-19(6,7)18(4,5)9-8-15(20)23/h13-14,22,25H,8-12H2,1-7H3,(H2,20,23)(H,21,24). The van der Waals surface area contributed by atoms with Gasteiger partial charge in [0.15, 0.2) is 0 Å². The van der Waals surface area contributed by atoms with Gasteiger partial charge in [-0.2, -0.15) is 12.6 Å². The second kappa shape index (κ2) is 9.26. The van der Waals surface area contributed by atoms with Crippen molar-refractivity contribution in [3.63, 3.8) is 0 Å². The molecule has 0 rings (SSSR count). The fourth-order valence-electron chi connectivity index (χ4n) is 2.76. The van der Waals surface area contributed by atoms with E-state index in [1.807, 2.05) is 0 Å². The molecule has 0 spiro atoms. The Morgan fingerprint density at radius 3 is 2.00 bits per heavy atom. The molecule has 0 aliphatic heterocycles. The highest BCUT2D eigenvalue weighted by Gasteiger charge is 2.43. The summed E-state index contributed by atoms with van der Waals surface area (Å²) in [7, 11) is 0. The van der Waals surface area contributed by atoms with E-state index in [2.05, 4.69) is 66.4 Å². The number of rotatable bonds is 10. The maximum absolute atomic E-state index is 12.8. The predicted octanol–water partition coefficient (Wildman–Crippen LogP) is 2.76. The third kappa shape index (κ3) is 7.99. The molecule has 148 valence electrons. The third-order valence-electron chi connectivity index (χ3n) is 5.63. The molecule has 0 aliphatic rings. The number of hydrogen-bond donors (Lipinski definition) is 4. The van der Waals surface area contributed by atoms with Gasteiger partial charge in [0.25, 0.3) is 0 Å². The van der Waals surface area contributed by atoms with Crippen LogP contribution in [0.3, 0.4) is 0 Å². The molecule has 2 unspecified atom stereocenters. The Hall–Kier alpha value is -0.750. The average Bonchev–Trinajstić information content (AvgIpc) is 2.46. The highest BCUT2D eigenvalue weighted by atomic mass is 32.1. The summed E-state index contributed by atoms with van der Waals surface area (Å²) in [4.78, 5) is 23.9. The van der Waals surface area contributed by atoms with Gasteiger partial charge < -0.3 is 16.2 Å². The van der Waals surface area contributed by atoms with Gasteiger partial charge in [0.05, 0.1) is 6.10 Å². The summed E-state index contributed by atoms with van der Waals surface area (Å²) >= 11 is 4.03. The lowest BCUT2D eigenvalue weighted by Gasteiger charge is -2.46. The Balaban J connectivity index is 5.23. The van der Waals surface area contributed by atoms with Gasteiger partial charge in [0.2, 0.25) is 11.8 Å². The molecular weight excluding hydrogens is 336 g/mol. The molecular formula is C19H38N2O3S. The van der Waals surface area contributed by atoms with E-state index in [4.69, 9.17) is 5.73 Å². The van der Waals surface area contributed by atoms with Crippen molar-refractivity contribution < 1.29 is 14.7 Å². The number of aliphatic hydroxyl groups excluding tert-OH is 1. The first kappa shape index (κ1) is 24.2. The molecule has 0 bridgehead atoms. The maximum atomic E-state index is 12.8. The first-order valence-electron chi connectivity index (χ1n) is 8.99. The van der Waals surface area contributed by atoms with Crippen LogP contribution < -0.4 is 11.1 Å². The second-order valence-electron chi connectivity index (χ2n) is 9.44. The van der Waals surface area contributed by atoms with Gasteiger partial charge in [-0.15, -0.1) is 0 Å². The highest BCUT2D eigenvalue weighted by Crippen LogP contribution is 2.48. The molecule has 6 heteroatoms. The summed E-state index contributed by atoms with van der Waals surface area (Å²) in [6.07, 6.45) is 1.07. The fourth-order valence-corrected chi connectivity index (χ4v) is 2.89. The molecule has 0 aromatic rings. The van der Waals surface area contributed by atoms with Gasteiger partial charge in [-0.3, -0.25) is 9.59 Å². The van der Waals surface area contributed by atoms with Crippen LogP contribution in [0.1, 0.15) is 67.7 Å². The Morgan fingerprint density at radius 2 is 1.60 bits per heavy atom. The van der Waals surface area contributed by atoms with Gasteiger partial charge in [-0.25, -0.2) is 0 Å². The smallest absolute Gasteiger partial charge is 0.223 e. The molecule has 0 aromatic heterocycles. The van der Waals surface area contributed by atoms with Crippen LogP contribution in [0.4, 0.5) is 0 Å². The number of aliphatic hydroxyl groups is 1. The van der Waals surface area contributed by atoms with Gasteiger partial charge >= 0.3 is 0 Å². The Labute approximate surface area is 158 Å². The quantitative estimate of drug-likeness (QED) is 0.443. The summed E-state index contributed by atoms with van der Waals surface area (Å²) in [5, 5.41) is 12.5. The molecule has 0 saturated heterocycles. The molecule has 0 fully saturated rings. The molecule has 2 atom stereocenters. The van der Waals surface area contributed by atoms with Crippen molar-refractivity contribution in [3.8, 4) is 0 Å². The van der Waals surface area contributed by atoms with Gasteiger partial charge in [-0.05, 0) is 29.1 Å². The minimum Gasteiger partial charge on any atom is -0.390 e. The lowest BCUT2D eigenvalue weighted by molar-refractivity contribution is -0.131. The zero-order valence-corrected chi connectivity index (χ0v) is 17.9. The van der Waals surface area contributed by atoms with Crippen LogP contribution in [0, 0.1) is 22.2 Å². The SMILES string of the molecule is CC(C)(C)C(CC(C)(C)C(C)(C)CCC(N)=O)C(=O)NCC(O)CS. The summed E-state index contributed by atoms with van der Waals surface area (Å²) in [5.41, 5.74) is 4.79. The maximum Gasteiger partial charge on any atom is 0.223 e. The van der Waals surface area contributed by atoms with E-state index < -0.39 is 6.10 Å². The number of amides is 2. The van der Waals surface area contributed by atoms with Crippen LogP contribution in [0.5, 0.6) is 0 Å². The van der Waals surface area contributed by atoms with Crippen LogP contribution in [0.15, 0.2) is 0 Å². The summed E-state index contributed by atoms with van der Waals surface area (Å²) in [6, 6.07) is 0. The van der Waals surface area contributed by atoms with E-state index in [-0.39, 0.29) is 40.5 Å². The Kier molecular flexibility index (Phi) is 8.99. The van der Waals surface area contributed by atoms with E-state index in [1.165, 1.54) is 0 Å². The average molecular weight is 375 g/mol. The highest BCUT2D eigenvalue weighted by molar-refractivity contribution is 7.80. The number of thiol groups is 1. The Morgan fingerprint density at radius 1 is 1.08 bits per heavy atom. The molecule has 0 aromatic carbocycles. The lowest BCUT2D eigenvalue weighted by atomic mass is 9.59. The second-order valence-corrected chi connectivity index (χ2v) is 9.80. The molecule has 0 radical (unpaired) electrons. The topological polar surface area (TPSA) is 92.4 Å². The molecule has 0 aliphatic carbocycles. The van der Waals surface area contributed by atoms with E-state index in [9.17, 15) is 14.7 Å². The molecule has 25 heavy (non-hydrogen) atoms. The number of primary amides is 1. The van der Waals surface area contributed by atoms with Crippen molar-refractivity contribution in [1.29, 1.82) is 0 Å². The Bertz CT molecular complexity index is 456. The zero-order valence-electron chi connectivity index (χ0n) is 17.0. The lowest BCUT2D eigenvalue weighted by Crippen LogP contribution is -2.45. The monoisotopic (exact) mass is 374 g/mol. The van der Waals surface area contributed by atoms with E-state index in [0.29, 0.717) is 25.0 Å². The summed E-state index contributed by atoms with van der Waals surface area (Å²) < 4.78 is 0. The molecule has 4 N–H and O–H groups in total. The fraction of sp³-hybridized carbons (Fsp3) is 0.895. The number of hydrogen-bond acceptors (Lipinski definition) is 4. The van der Waals surface area contributed by atoms with Crippen molar-refractivity contribution in [1.82, 2.24) is 5.32 Å². The van der Waals surface area contributed by atoms with Gasteiger partial charge in [-0.1, -0.05) is 48.5 Å². The largest absolute Gasteiger partial charge is 0.390 e. The van der Waals surface area contributed by atoms with Crippen LogP contribution in [0.25, 0.3) is 0 Å². The van der Waals surface area contributed by atoms with E-state index in [0.717, 1.165) is 0 Å². The number of carbonyl (C=O) groups excluding carboxylic acids is 2. The van der Waals surface area contributed by atoms with Crippen molar-refractivity contribution in [3.05, 3.63) is 0 Å². The normalized spacial score (nSPS) is 15.6. The predicted molar refractivity (Wildman–Crippen MR) is 106 cm³/mol. The summed E-state index contributed by atoms with van der Waals surface area (Å²) in [6.45, 7) is 14.9. The van der Waals surface area contributed by atoms with Crippen LogP contribution in [0.2, 0.25) is 0 Å². The zero-order chi connectivity index (χ0) is 20.1. The molecule has 5 nitrogen and oxygen atoms in total. The first-order valence-corrected chi connectivity index (χ1v) is 9.62. The van der Waals surface area contributed by atoms with Gasteiger partial charge in [0.1, 0.15) is 0 Å². The van der Waals surface area contributed by atoms with Crippen molar-refractivity contribution in [2.75, 3.05) is 12.3 Å². The molecule has 2 amide bonds.